The van der Waals surface area contributed by atoms with Gasteiger partial charge in [0.25, 0.3) is 5.56 Å². The van der Waals surface area contributed by atoms with E-state index >= 15 is 0 Å². The summed E-state index contributed by atoms with van der Waals surface area (Å²) in [7, 11) is 0. The van der Waals surface area contributed by atoms with E-state index in [9.17, 15) is 14.4 Å². The van der Waals surface area contributed by atoms with Crippen molar-refractivity contribution < 1.29 is 9.59 Å². The van der Waals surface area contributed by atoms with Crippen LogP contribution in [0.2, 0.25) is 0 Å². The molecule has 32 heavy (non-hydrogen) atoms. The summed E-state index contributed by atoms with van der Waals surface area (Å²) in [5, 5.41) is 6.10. The Morgan fingerprint density at radius 1 is 1.25 bits per heavy atom. The Balaban J connectivity index is 1.73. The molecule has 0 radical (unpaired) electrons. The number of imide groups is 1. The predicted octanol–water partition coefficient (Wildman–Crippen LogP) is 3.88. The van der Waals surface area contributed by atoms with Crippen molar-refractivity contribution in [3.63, 3.8) is 0 Å². The molecule has 7 nitrogen and oxygen atoms in total. The second-order valence-electron chi connectivity index (χ2n) is 8.33. The third-order valence-electron chi connectivity index (χ3n) is 5.31. The zero-order valence-electron chi connectivity index (χ0n) is 18.6. The number of aromatic nitrogens is 2. The lowest BCUT2D eigenvalue weighted by Crippen LogP contribution is -2.43. The fourth-order valence-electron chi connectivity index (χ4n) is 3.98. The maximum atomic E-state index is 13.7. The summed E-state index contributed by atoms with van der Waals surface area (Å²) >= 11 is 2.73. The zero-order chi connectivity index (χ0) is 23.0. The lowest BCUT2D eigenvalue weighted by atomic mass is 10.1. The molecule has 3 amide bonds. The average Bonchev–Trinajstić information content (AvgIpc) is 3.27. The molecule has 1 aromatic carbocycles. The van der Waals surface area contributed by atoms with Crippen LogP contribution >= 0.6 is 23.1 Å². The van der Waals surface area contributed by atoms with Gasteiger partial charge in [-0.05, 0) is 64.2 Å². The number of hydrogen-bond acceptors (Lipinski definition) is 6. The summed E-state index contributed by atoms with van der Waals surface area (Å²) in [4.78, 5) is 44.6. The highest BCUT2D eigenvalue weighted by Gasteiger charge is 2.24. The van der Waals surface area contributed by atoms with Crippen molar-refractivity contribution in [1.82, 2.24) is 20.2 Å². The number of rotatable bonds is 5. The molecule has 2 heterocycles. The summed E-state index contributed by atoms with van der Waals surface area (Å²) < 4.78 is 1.62. The molecule has 168 valence electrons. The second-order valence-corrected chi connectivity index (χ2v) is 10.4. The van der Waals surface area contributed by atoms with E-state index in [0.717, 1.165) is 58.2 Å². The topological polar surface area (TPSA) is 93.1 Å². The third kappa shape index (κ3) is 4.45. The number of nitrogens with one attached hydrogen (secondary N) is 2. The number of urea groups is 1. The number of thioether (sulfide) groups is 1. The summed E-state index contributed by atoms with van der Waals surface area (Å²) in [6, 6.07) is 5.31. The molecule has 2 aromatic heterocycles. The van der Waals surface area contributed by atoms with E-state index in [-0.39, 0.29) is 17.4 Å². The first-order valence-corrected chi connectivity index (χ1v) is 12.4. The predicted molar refractivity (Wildman–Crippen MR) is 129 cm³/mol. The van der Waals surface area contributed by atoms with E-state index < -0.39 is 11.9 Å². The van der Waals surface area contributed by atoms with Crippen LogP contribution in [-0.4, -0.2) is 33.3 Å². The summed E-state index contributed by atoms with van der Waals surface area (Å²) in [6.45, 7) is 7.61. The number of amides is 3. The number of carbonyl (C=O) groups excluding carboxylic acids is 2. The van der Waals surface area contributed by atoms with Gasteiger partial charge in [0.2, 0.25) is 5.91 Å². The van der Waals surface area contributed by atoms with Crippen LogP contribution in [0.4, 0.5) is 4.79 Å². The first kappa shape index (κ1) is 22.5. The molecule has 0 spiro atoms. The number of fused-ring (bicyclic) bond motifs is 3. The van der Waals surface area contributed by atoms with Gasteiger partial charge in [-0.1, -0.05) is 29.5 Å². The van der Waals surface area contributed by atoms with Gasteiger partial charge in [-0.25, -0.2) is 9.78 Å². The summed E-state index contributed by atoms with van der Waals surface area (Å²) in [5.41, 5.74) is 3.85. The first-order valence-electron chi connectivity index (χ1n) is 10.6. The average molecular weight is 471 g/mol. The molecule has 1 aliphatic rings. The Kier molecular flexibility index (Phi) is 6.39. The van der Waals surface area contributed by atoms with Gasteiger partial charge in [0.05, 0.1) is 16.8 Å². The monoisotopic (exact) mass is 470 g/mol. The van der Waals surface area contributed by atoms with Crippen LogP contribution in [0.5, 0.6) is 0 Å². The quantitative estimate of drug-likeness (QED) is 0.436. The first-order chi connectivity index (χ1) is 15.2. The molecule has 3 aromatic rings. The van der Waals surface area contributed by atoms with Gasteiger partial charge in [0.15, 0.2) is 5.16 Å². The molecule has 0 saturated carbocycles. The molecule has 0 unspecified atom stereocenters. The molecule has 0 fully saturated rings. The number of carbonyl (C=O) groups is 2. The largest absolute Gasteiger partial charge is 0.336 e. The maximum absolute atomic E-state index is 13.7. The fourth-order valence-corrected chi connectivity index (χ4v) is 6.09. The van der Waals surface area contributed by atoms with E-state index in [1.54, 1.807) is 15.9 Å². The van der Waals surface area contributed by atoms with Crippen LogP contribution in [0.1, 0.15) is 41.8 Å². The molecule has 1 aliphatic carbocycles. The van der Waals surface area contributed by atoms with Crippen LogP contribution in [0.25, 0.3) is 15.9 Å². The standard InChI is InChI=1S/C23H26N4O3S2/c1-12(2)24-22(30)25-18(28)11-31-23-26-20-19(15-6-5-7-17(15)32-20)21(29)27(23)16-9-8-13(3)10-14(16)4/h8-10,12H,5-7,11H2,1-4H3,(H2,24,25,28,30). The van der Waals surface area contributed by atoms with Gasteiger partial charge >= 0.3 is 6.03 Å². The van der Waals surface area contributed by atoms with Gasteiger partial charge in [-0.2, -0.15) is 0 Å². The number of hydrogen-bond donors (Lipinski definition) is 2. The minimum atomic E-state index is -0.532. The Morgan fingerprint density at radius 3 is 2.75 bits per heavy atom. The molecular formula is C23H26N4O3S2. The Bertz CT molecular complexity index is 1280. The highest BCUT2D eigenvalue weighted by Crippen LogP contribution is 2.36. The number of benzene rings is 1. The van der Waals surface area contributed by atoms with Crippen molar-refractivity contribution in [2.75, 3.05) is 5.75 Å². The van der Waals surface area contributed by atoms with Crippen molar-refractivity contribution in [3.05, 3.63) is 50.1 Å². The zero-order valence-corrected chi connectivity index (χ0v) is 20.2. The molecule has 0 atom stereocenters. The van der Waals surface area contributed by atoms with E-state index in [0.29, 0.717) is 10.5 Å². The minimum Gasteiger partial charge on any atom is -0.336 e. The van der Waals surface area contributed by atoms with Gasteiger partial charge in [0, 0.05) is 10.9 Å². The smallest absolute Gasteiger partial charge is 0.321 e. The lowest BCUT2D eigenvalue weighted by Gasteiger charge is -2.15. The molecule has 0 bridgehead atoms. The summed E-state index contributed by atoms with van der Waals surface area (Å²) in [5.74, 6) is -0.470. The van der Waals surface area contributed by atoms with Crippen LogP contribution in [0, 0.1) is 13.8 Å². The van der Waals surface area contributed by atoms with Crippen molar-refractivity contribution in [2.45, 2.75) is 58.2 Å². The van der Waals surface area contributed by atoms with E-state index in [1.165, 1.54) is 4.88 Å². The lowest BCUT2D eigenvalue weighted by molar-refractivity contribution is -0.117. The third-order valence-corrected chi connectivity index (χ3v) is 7.43. The van der Waals surface area contributed by atoms with Crippen molar-refractivity contribution >= 4 is 45.3 Å². The summed E-state index contributed by atoms with van der Waals surface area (Å²) in [6.07, 6.45) is 2.95. The van der Waals surface area contributed by atoms with Gasteiger partial charge in [-0.3, -0.25) is 19.5 Å². The Hall–Kier alpha value is -2.65. The van der Waals surface area contributed by atoms with Crippen LogP contribution in [0.15, 0.2) is 28.2 Å². The number of nitrogens with zero attached hydrogens (tertiary/aromatic N) is 2. The Labute approximate surface area is 194 Å². The normalized spacial score (nSPS) is 12.9. The fraction of sp³-hybridized carbons (Fsp3) is 0.391. The van der Waals surface area contributed by atoms with Crippen molar-refractivity contribution in [2.24, 2.45) is 0 Å². The van der Waals surface area contributed by atoms with Crippen molar-refractivity contribution in [1.29, 1.82) is 0 Å². The molecular weight excluding hydrogens is 444 g/mol. The molecule has 0 aliphatic heterocycles. The van der Waals surface area contributed by atoms with Crippen LogP contribution in [0.3, 0.4) is 0 Å². The van der Waals surface area contributed by atoms with Gasteiger partial charge in [0.1, 0.15) is 4.83 Å². The highest BCUT2D eigenvalue weighted by molar-refractivity contribution is 7.99. The molecule has 4 rings (SSSR count). The highest BCUT2D eigenvalue weighted by atomic mass is 32.2. The second kappa shape index (κ2) is 9.07. The van der Waals surface area contributed by atoms with Gasteiger partial charge < -0.3 is 5.32 Å². The maximum Gasteiger partial charge on any atom is 0.321 e. The van der Waals surface area contributed by atoms with Crippen LogP contribution in [-0.2, 0) is 17.6 Å². The van der Waals surface area contributed by atoms with E-state index in [4.69, 9.17) is 4.98 Å². The SMILES string of the molecule is Cc1ccc(-n2c(SCC(=O)NC(=O)NC(C)C)nc3sc4c(c3c2=O)CCC4)c(C)c1. The van der Waals surface area contributed by atoms with Crippen LogP contribution < -0.4 is 16.2 Å². The number of thiophene rings is 1. The van der Waals surface area contributed by atoms with E-state index in [1.807, 2.05) is 45.9 Å². The molecule has 0 saturated heterocycles. The van der Waals surface area contributed by atoms with Crippen molar-refractivity contribution in [3.8, 4) is 5.69 Å². The Morgan fingerprint density at radius 2 is 2.03 bits per heavy atom. The minimum absolute atomic E-state index is 0.0283. The van der Waals surface area contributed by atoms with E-state index in [2.05, 4.69) is 10.6 Å². The molecule has 2 N–H and O–H groups in total. The number of aryl methyl sites for hydroxylation is 4. The van der Waals surface area contributed by atoms with Gasteiger partial charge in [-0.15, -0.1) is 11.3 Å². The molecule has 9 heteroatoms.